The van der Waals surface area contributed by atoms with Gasteiger partial charge in [0, 0.05) is 6.42 Å². The number of aliphatic hydroxyl groups excluding tert-OH is 1. The lowest BCUT2D eigenvalue weighted by atomic mass is 10.0. The van der Waals surface area contributed by atoms with E-state index in [0.29, 0.717) is 17.4 Å². The van der Waals surface area contributed by atoms with Gasteiger partial charge in [-0.25, -0.2) is 0 Å². The number of allylic oxidation sites excluding steroid dienone is 13. The SMILES string of the molecule is C/C=C/CC/C=C/CC/C=C/C(O)C(COP(=O)([O-])OCC[N+](C)(C)C)NC(=O)CCCCCCCCCCCCCCCCCCCCCC/C=C\C/C=C\C/C=C\C/C=C\CC. The summed E-state index contributed by atoms with van der Waals surface area (Å²) in [5.41, 5.74) is 0. The topological polar surface area (TPSA) is 108 Å². The highest BCUT2D eigenvalue weighted by Gasteiger charge is 2.23. The number of phosphoric acid groups is 1. The lowest BCUT2D eigenvalue weighted by Gasteiger charge is -2.29. The van der Waals surface area contributed by atoms with Gasteiger partial charge in [-0.05, 0) is 77.6 Å². The van der Waals surface area contributed by atoms with Crippen LogP contribution in [0.1, 0.15) is 206 Å². The number of carbonyl (C=O) groups is 1. The van der Waals surface area contributed by atoms with E-state index in [1.165, 1.54) is 116 Å². The van der Waals surface area contributed by atoms with Crippen LogP contribution in [0, 0.1) is 0 Å². The first-order valence-corrected chi connectivity index (χ1v) is 27.4. The van der Waals surface area contributed by atoms with Crippen LogP contribution >= 0.6 is 7.82 Å². The molecule has 1 amide bonds. The number of amides is 1. The van der Waals surface area contributed by atoms with E-state index in [1.807, 2.05) is 40.2 Å². The van der Waals surface area contributed by atoms with E-state index in [1.54, 1.807) is 6.08 Å². The van der Waals surface area contributed by atoms with E-state index in [-0.39, 0.29) is 12.5 Å². The first-order chi connectivity index (χ1) is 31.0. The first-order valence-electron chi connectivity index (χ1n) is 25.9. The van der Waals surface area contributed by atoms with Crippen molar-refractivity contribution in [1.82, 2.24) is 5.32 Å². The molecule has 0 rings (SSSR count). The predicted octanol–water partition coefficient (Wildman–Crippen LogP) is 14.7. The number of hydrogen-bond acceptors (Lipinski definition) is 6. The Kier molecular flexibility index (Phi) is 44.2. The molecule has 0 bridgehead atoms. The van der Waals surface area contributed by atoms with Crippen molar-refractivity contribution in [3.8, 4) is 0 Å². The van der Waals surface area contributed by atoms with Crippen molar-refractivity contribution in [3.63, 3.8) is 0 Å². The molecule has 0 aromatic heterocycles. The molecule has 0 aromatic carbocycles. The summed E-state index contributed by atoms with van der Waals surface area (Å²) in [5, 5.41) is 13.7. The molecule has 0 heterocycles. The average Bonchev–Trinajstić information content (AvgIpc) is 3.25. The Hall–Kier alpha value is -2.32. The number of rotatable bonds is 46. The van der Waals surface area contributed by atoms with Crippen molar-refractivity contribution in [3.05, 3.63) is 85.1 Å². The summed E-state index contributed by atoms with van der Waals surface area (Å²) in [5.74, 6) is -0.216. The summed E-state index contributed by atoms with van der Waals surface area (Å²) >= 11 is 0. The van der Waals surface area contributed by atoms with Gasteiger partial charge in [-0.1, -0.05) is 208 Å². The summed E-state index contributed by atoms with van der Waals surface area (Å²) in [6.45, 7) is 4.26. The highest BCUT2D eigenvalue weighted by molar-refractivity contribution is 7.45. The molecule has 0 aliphatic heterocycles. The van der Waals surface area contributed by atoms with Gasteiger partial charge in [0.1, 0.15) is 13.2 Å². The maximum Gasteiger partial charge on any atom is 0.268 e. The Labute approximate surface area is 395 Å². The van der Waals surface area contributed by atoms with Gasteiger partial charge in [0.2, 0.25) is 5.91 Å². The third kappa shape index (κ3) is 47.6. The van der Waals surface area contributed by atoms with Crippen LogP contribution in [-0.2, 0) is 18.4 Å². The highest BCUT2D eigenvalue weighted by atomic mass is 31.2. The van der Waals surface area contributed by atoms with E-state index in [4.69, 9.17) is 9.05 Å². The number of nitrogens with one attached hydrogen (secondary N) is 1. The van der Waals surface area contributed by atoms with Crippen LogP contribution in [0.15, 0.2) is 85.1 Å². The van der Waals surface area contributed by atoms with Gasteiger partial charge in [-0.15, -0.1) is 0 Å². The zero-order valence-electron chi connectivity index (χ0n) is 42.0. The normalized spacial score (nSPS) is 14.8. The minimum Gasteiger partial charge on any atom is -0.756 e. The van der Waals surface area contributed by atoms with Crippen molar-refractivity contribution < 1.29 is 32.9 Å². The molecule has 0 aliphatic rings. The second-order valence-corrected chi connectivity index (χ2v) is 19.9. The van der Waals surface area contributed by atoms with Crippen LogP contribution < -0.4 is 10.2 Å². The number of aliphatic hydroxyl groups is 1. The van der Waals surface area contributed by atoms with E-state index in [2.05, 4.69) is 79.1 Å². The second-order valence-electron chi connectivity index (χ2n) is 18.5. The first kappa shape index (κ1) is 61.7. The summed E-state index contributed by atoms with van der Waals surface area (Å²) in [6.07, 6.45) is 64.1. The molecule has 3 atom stereocenters. The summed E-state index contributed by atoms with van der Waals surface area (Å²) in [6, 6.07) is -0.909. The van der Waals surface area contributed by atoms with Gasteiger partial charge in [-0.2, -0.15) is 0 Å². The molecule has 0 aliphatic carbocycles. The molecule has 64 heavy (non-hydrogen) atoms. The Morgan fingerprint density at radius 2 is 0.984 bits per heavy atom. The van der Waals surface area contributed by atoms with E-state index < -0.39 is 26.6 Å². The number of phosphoric ester groups is 1. The smallest absolute Gasteiger partial charge is 0.268 e. The lowest BCUT2D eigenvalue weighted by molar-refractivity contribution is -0.870. The molecular formula is C55H99N2O6P. The van der Waals surface area contributed by atoms with Crippen LogP contribution in [0.2, 0.25) is 0 Å². The number of hydrogen-bond donors (Lipinski definition) is 2. The summed E-state index contributed by atoms with van der Waals surface area (Å²) in [4.78, 5) is 25.3. The maximum atomic E-state index is 12.9. The minimum atomic E-state index is -4.60. The van der Waals surface area contributed by atoms with Crippen LogP contribution in [-0.4, -0.2) is 68.5 Å². The molecular weight excluding hydrogens is 816 g/mol. The van der Waals surface area contributed by atoms with Gasteiger partial charge in [0.15, 0.2) is 0 Å². The highest BCUT2D eigenvalue weighted by Crippen LogP contribution is 2.38. The fourth-order valence-electron chi connectivity index (χ4n) is 7.12. The second kappa shape index (κ2) is 45.8. The minimum absolute atomic E-state index is 0.0114. The van der Waals surface area contributed by atoms with Crippen molar-refractivity contribution >= 4 is 13.7 Å². The third-order valence-corrected chi connectivity index (χ3v) is 12.1. The summed E-state index contributed by atoms with van der Waals surface area (Å²) < 4.78 is 23.1. The molecule has 8 nitrogen and oxygen atoms in total. The molecule has 370 valence electrons. The van der Waals surface area contributed by atoms with Gasteiger partial charge in [0.25, 0.3) is 7.82 Å². The fraction of sp³-hybridized carbons (Fsp3) is 0.727. The van der Waals surface area contributed by atoms with Crippen molar-refractivity contribution in [2.45, 2.75) is 219 Å². The maximum absolute atomic E-state index is 12.9. The summed E-state index contributed by atoms with van der Waals surface area (Å²) in [7, 11) is 1.23. The molecule has 0 spiro atoms. The Morgan fingerprint density at radius 3 is 1.45 bits per heavy atom. The number of quaternary nitrogens is 1. The zero-order chi connectivity index (χ0) is 47.1. The van der Waals surface area contributed by atoms with E-state index in [0.717, 1.165) is 70.6 Å². The van der Waals surface area contributed by atoms with E-state index in [9.17, 15) is 19.4 Å². The molecule has 0 radical (unpaired) electrons. The number of carbonyl (C=O) groups excluding carboxylic acids is 1. The Balaban J connectivity index is 3.96. The monoisotopic (exact) mass is 915 g/mol. The Bertz CT molecular complexity index is 1310. The van der Waals surface area contributed by atoms with Crippen molar-refractivity contribution in [1.29, 1.82) is 0 Å². The standard InChI is InChI=1S/C55H99N2O6P/c1-6-8-10-12-14-16-17-18-19-20-21-22-23-24-25-26-27-28-29-30-31-32-33-34-35-36-37-38-39-41-43-45-47-49-55(59)56-53(52-63-64(60,61)62-51-50-57(3,4)5)54(58)48-46-44-42-40-15-13-11-9-7-2/h7-10,14-16,18-19,21-22,40,46,48,53-54,58H,6,11-13,17,20,23-39,41-45,47,49-52H2,1-5H3,(H-,56,59,60,61)/b9-7+,10-8-,16-14-,19-18-,22-21-,40-15+,48-46+. The van der Waals surface area contributed by atoms with Crippen LogP contribution in [0.3, 0.4) is 0 Å². The fourth-order valence-corrected chi connectivity index (χ4v) is 7.85. The van der Waals surface area contributed by atoms with Crippen LogP contribution in [0.25, 0.3) is 0 Å². The zero-order valence-corrected chi connectivity index (χ0v) is 42.8. The van der Waals surface area contributed by atoms with Crippen molar-refractivity contribution in [2.75, 3.05) is 40.9 Å². The molecule has 9 heteroatoms. The molecule has 0 saturated carbocycles. The van der Waals surface area contributed by atoms with E-state index >= 15 is 0 Å². The Morgan fingerprint density at radius 1 is 0.578 bits per heavy atom. The molecule has 3 unspecified atom stereocenters. The molecule has 2 N–H and O–H groups in total. The largest absolute Gasteiger partial charge is 0.756 e. The van der Waals surface area contributed by atoms with Gasteiger partial charge < -0.3 is 28.8 Å². The quantitative estimate of drug-likeness (QED) is 0.0273. The predicted molar refractivity (Wildman–Crippen MR) is 274 cm³/mol. The van der Waals surface area contributed by atoms with Gasteiger partial charge >= 0.3 is 0 Å². The van der Waals surface area contributed by atoms with Gasteiger partial charge in [0.05, 0.1) is 39.9 Å². The number of likely N-dealkylation sites (N-methyl/N-ethyl adjacent to an activating group) is 1. The lowest BCUT2D eigenvalue weighted by Crippen LogP contribution is -2.45. The molecule has 0 saturated heterocycles. The third-order valence-electron chi connectivity index (χ3n) is 11.2. The van der Waals surface area contributed by atoms with Gasteiger partial charge in [-0.3, -0.25) is 9.36 Å². The molecule has 0 fully saturated rings. The number of unbranched alkanes of at least 4 members (excludes halogenated alkanes) is 22. The van der Waals surface area contributed by atoms with Crippen LogP contribution in [0.5, 0.6) is 0 Å². The number of nitrogens with zero attached hydrogens (tertiary/aromatic N) is 1. The van der Waals surface area contributed by atoms with Crippen molar-refractivity contribution in [2.24, 2.45) is 0 Å². The average molecular weight is 915 g/mol. The molecule has 0 aromatic rings. The van der Waals surface area contributed by atoms with Crippen LogP contribution in [0.4, 0.5) is 0 Å².